The molecule has 2 heterocycles. The van der Waals surface area contributed by atoms with Crippen LogP contribution in [0.5, 0.6) is 0 Å². The summed E-state index contributed by atoms with van der Waals surface area (Å²) < 4.78 is 1.50. The van der Waals surface area contributed by atoms with Gasteiger partial charge in [-0.15, -0.1) is 0 Å². The lowest BCUT2D eigenvalue weighted by molar-refractivity contribution is -0.907. The fourth-order valence-corrected chi connectivity index (χ4v) is 3.66. The Balaban J connectivity index is 2.03. The largest absolute Gasteiger partial charge is 0.323 e. The Morgan fingerprint density at radius 1 is 0.923 bits per heavy atom. The van der Waals surface area contributed by atoms with Crippen molar-refractivity contribution in [2.75, 3.05) is 26.2 Å². The lowest BCUT2D eigenvalue weighted by atomic mass is 9.92. The van der Waals surface area contributed by atoms with Crippen molar-refractivity contribution in [2.45, 2.75) is 39.5 Å². The molecule has 0 N–H and O–H groups in total. The van der Waals surface area contributed by atoms with Crippen LogP contribution in [-0.4, -0.2) is 30.7 Å². The summed E-state index contributed by atoms with van der Waals surface area (Å²) in [4.78, 5) is 0. The van der Waals surface area contributed by atoms with Gasteiger partial charge >= 0.3 is 0 Å². The molecule has 2 rings (SSSR count). The van der Waals surface area contributed by atoms with Crippen LogP contribution >= 0.6 is 0 Å². The van der Waals surface area contributed by atoms with Crippen LogP contribution in [0.1, 0.15) is 39.5 Å². The lowest BCUT2D eigenvalue weighted by Gasteiger charge is -2.29. The first-order valence-electron chi connectivity index (χ1n) is 6.15. The minimum atomic E-state index is 1.04. The number of nitrogens with zero attached hydrogens (tertiary/aromatic N) is 1. The Kier molecular flexibility index (Phi) is 2.64. The van der Waals surface area contributed by atoms with Gasteiger partial charge in [0.1, 0.15) is 0 Å². The van der Waals surface area contributed by atoms with Crippen molar-refractivity contribution in [1.82, 2.24) is 0 Å². The fourth-order valence-electron chi connectivity index (χ4n) is 3.66. The van der Waals surface area contributed by atoms with Gasteiger partial charge in [-0.25, -0.2) is 0 Å². The molecule has 2 unspecified atom stereocenters. The quantitative estimate of drug-likeness (QED) is 0.576. The molecule has 2 aliphatic heterocycles. The molecule has 1 nitrogen and oxygen atoms in total. The average Bonchev–Trinajstić information content (AvgIpc) is 2.74. The molecule has 0 saturated carbocycles. The Morgan fingerprint density at radius 3 is 1.77 bits per heavy atom. The van der Waals surface area contributed by atoms with Crippen molar-refractivity contribution in [3.8, 4) is 0 Å². The van der Waals surface area contributed by atoms with E-state index in [1.807, 2.05) is 0 Å². The second-order valence-electron chi connectivity index (χ2n) is 5.20. The molecule has 0 aromatic rings. The molecule has 2 saturated heterocycles. The first-order chi connectivity index (χ1) is 6.29. The normalized spacial score (nSPS) is 37.4. The Bertz CT molecular complexity index is 156. The van der Waals surface area contributed by atoms with Crippen molar-refractivity contribution in [3.05, 3.63) is 0 Å². The van der Waals surface area contributed by atoms with Crippen LogP contribution in [0, 0.1) is 11.8 Å². The Morgan fingerprint density at radius 2 is 1.38 bits per heavy atom. The summed E-state index contributed by atoms with van der Waals surface area (Å²) in [5.74, 6) is 2.09. The Hall–Kier alpha value is -0.0400. The van der Waals surface area contributed by atoms with Gasteiger partial charge in [-0.1, -0.05) is 13.8 Å². The zero-order valence-corrected chi connectivity index (χ0v) is 9.26. The van der Waals surface area contributed by atoms with E-state index in [0.717, 1.165) is 11.8 Å². The van der Waals surface area contributed by atoms with E-state index in [0.29, 0.717) is 0 Å². The first-order valence-corrected chi connectivity index (χ1v) is 6.15. The van der Waals surface area contributed by atoms with Crippen molar-refractivity contribution >= 4 is 0 Å². The van der Waals surface area contributed by atoms with Gasteiger partial charge in [-0.3, -0.25) is 0 Å². The maximum atomic E-state index is 2.38. The van der Waals surface area contributed by atoms with Crippen LogP contribution in [0.3, 0.4) is 0 Å². The molecule has 76 valence electrons. The maximum Gasteiger partial charge on any atom is 0.0820 e. The molecule has 1 spiro atoms. The van der Waals surface area contributed by atoms with Gasteiger partial charge in [0.2, 0.25) is 0 Å². The second kappa shape index (κ2) is 3.61. The molecule has 13 heavy (non-hydrogen) atoms. The lowest BCUT2D eigenvalue weighted by Crippen LogP contribution is -2.43. The molecule has 2 atom stereocenters. The fraction of sp³-hybridized carbons (Fsp3) is 1.00. The third-order valence-electron chi connectivity index (χ3n) is 4.47. The summed E-state index contributed by atoms with van der Waals surface area (Å²) >= 11 is 0. The molecule has 2 fully saturated rings. The molecule has 2 aliphatic rings. The van der Waals surface area contributed by atoms with E-state index in [4.69, 9.17) is 0 Å². The molecule has 0 bridgehead atoms. The topological polar surface area (TPSA) is 0 Å². The van der Waals surface area contributed by atoms with Crippen molar-refractivity contribution in [2.24, 2.45) is 11.8 Å². The third-order valence-corrected chi connectivity index (χ3v) is 4.47. The Labute approximate surface area is 82.7 Å². The minimum absolute atomic E-state index is 1.04. The van der Waals surface area contributed by atoms with Crippen LogP contribution in [0.4, 0.5) is 0 Å². The number of rotatable bonds is 2. The summed E-state index contributed by atoms with van der Waals surface area (Å²) in [6, 6.07) is 0. The SMILES string of the molecule is CCC1C[N+]2(CCCC2)CC1CC. The molecule has 0 aromatic carbocycles. The molecule has 0 aromatic heterocycles. The highest BCUT2D eigenvalue weighted by atomic mass is 15.4. The zero-order chi connectivity index (χ0) is 9.31. The van der Waals surface area contributed by atoms with Gasteiger partial charge in [0.15, 0.2) is 0 Å². The van der Waals surface area contributed by atoms with E-state index in [2.05, 4.69) is 13.8 Å². The zero-order valence-electron chi connectivity index (χ0n) is 9.26. The maximum absolute atomic E-state index is 2.38. The van der Waals surface area contributed by atoms with E-state index >= 15 is 0 Å². The van der Waals surface area contributed by atoms with Gasteiger partial charge < -0.3 is 4.48 Å². The van der Waals surface area contributed by atoms with Crippen LogP contribution in [-0.2, 0) is 0 Å². The van der Waals surface area contributed by atoms with Gasteiger partial charge in [0.05, 0.1) is 26.2 Å². The van der Waals surface area contributed by atoms with E-state index in [9.17, 15) is 0 Å². The van der Waals surface area contributed by atoms with Gasteiger partial charge in [0.25, 0.3) is 0 Å². The molecular formula is C12H24N+. The molecule has 0 aliphatic carbocycles. The molecule has 0 radical (unpaired) electrons. The predicted molar refractivity (Wildman–Crippen MR) is 56.5 cm³/mol. The highest BCUT2D eigenvalue weighted by Crippen LogP contribution is 2.37. The average molecular weight is 182 g/mol. The summed E-state index contributed by atoms with van der Waals surface area (Å²) in [6.07, 6.45) is 5.82. The van der Waals surface area contributed by atoms with Gasteiger partial charge in [0, 0.05) is 24.7 Å². The molecule has 0 amide bonds. The van der Waals surface area contributed by atoms with E-state index in [1.165, 1.54) is 56.3 Å². The summed E-state index contributed by atoms with van der Waals surface area (Å²) in [5.41, 5.74) is 0. The van der Waals surface area contributed by atoms with Crippen LogP contribution in [0.25, 0.3) is 0 Å². The summed E-state index contributed by atoms with van der Waals surface area (Å²) in [5, 5.41) is 0. The van der Waals surface area contributed by atoms with Crippen molar-refractivity contribution < 1.29 is 4.48 Å². The van der Waals surface area contributed by atoms with Crippen LogP contribution in [0.15, 0.2) is 0 Å². The standard InChI is InChI=1S/C12H24N/c1-3-11-9-13(7-5-6-8-13)10-12(11)4-2/h11-12H,3-10H2,1-2H3/q+1. The van der Waals surface area contributed by atoms with E-state index in [-0.39, 0.29) is 0 Å². The van der Waals surface area contributed by atoms with Gasteiger partial charge in [-0.2, -0.15) is 0 Å². The highest BCUT2D eigenvalue weighted by Gasteiger charge is 2.44. The van der Waals surface area contributed by atoms with Crippen LogP contribution < -0.4 is 0 Å². The molecule has 1 heteroatoms. The van der Waals surface area contributed by atoms with Gasteiger partial charge in [-0.05, 0) is 12.8 Å². The highest BCUT2D eigenvalue weighted by molar-refractivity contribution is 4.76. The van der Waals surface area contributed by atoms with Crippen molar-refractivity contribution in [3.63, 3.8) is 0 Å². The van der Waals surface area contributed by atoms with E-state index in [1.54, 1.807) is 0 Å². The minimum Gasteiger partial charge on any atom is -0.323 e. The summed E-state index contributed by atoms with van der Waals surface area (Å²) in [6.45, 7) is 10.8. The number of hydrogen-bond donors (Lipinski definition) is 0. The van der Waals surface area contributed by atoms with E-state index < -0.39 is 0 Å². The smallest absolute Gasteiger partial charge is 0.0820 e. The monoisotopic (exact) mass is 182 g/mol. The predicted octanol–water partition coefficient (Wildman–Crippen LogP) is 2.66. The number of quaternary nitrogens is 1. The third kappa shape index (κ3) is 1.63. The number of hydrogen-bond acceptors (Lipinski definition) is 0. The molecular weight excluding hydrogens is 158 g/mol. The van der Waals surface area contributed by atoms with Crippen molar-refractivity contribution in [1.29, 1.82) is 0 Å². The second-order valence-corrected chi connectivity index (χ2v) is 5.20. The van der Waals surface area contributed by atoms with Crippen LogP contribution in [0.2, 0.25) is 0 Å². The summed E-state index contributed by atoms with van der Waals surface area (Å²) in [7, 11) is 0. The first kappa shape index (κ1) is 9.51.